The normalized spacial score (nSPS) is 12.1. The third-order valence-electron chi connectivity index (χ3n) is 2.96. The maximum absolute atomic E-state index is 12.3. The van der Waals surface area contributed by atoms with E-state index in [1.165, 1.54) is 14.2 Å². The zero-order valence-corrected chi connectivity index (χ0v) is 12.5. The summed E-state index contributed by atoms with van der Waals surface area (Å²) in [5.41, 5.74) is 0.397. The van der Waals surface area contributed by atoms with Crippen molar-refractivity contribution in [2.45, 2.75) is 26.3 Å². The molecule has 1 aromatic carbocycles. The van der Waals surface area contributed by atoms with Crippen molar-refractivity contribution in [3.05, 3.63) is 23.8 Å². The Balaban J connectivity index is 2.91. The van der Waals surface area contributed by atoms with Crippen LogP contribution in [0.3, 0.4) is 0 Å². The molecule has 20 heavy (non-hydrogen) atoms. The smallest absolute Gasteiger partial charge is 0.255 e. The Kier molecular flexibility index (Phi) is 6.31. The van der Waals surface area contributed by atoms with Gasteiger partial charge in [0.1, 0.15) is 0 Å². The second-order valence-corrected chi connectivity index (χ2v) is 5.02. The van der Waals surface area contributed by atoms with E-state index in [1.54, 1.807) is 18.2 Å². The molecule has 1 amide bonds. The molecule has 0 saturated carbocycles. The second-order valence-electron chi connectivity index (χ2n) is 5.02. The Morgan fingerprint density at radius 2 is 2.00 bits per heavy atom. The van der Waals surface area contributed by atoms with Gasteiger partial charge >= 0.3 is 0 Å². The topological polar surface area (TPSA) is 67.8 Å². The standard InChI is InChI=1S/C15H23NO4/c1-10(2)8-11(9-17)16-15(18)12-6-5-7-13(19-3)14(12)20-4/h5-7,10-11,17H,8-9H2,1-4H3,(H,16,18). The summed E-state index contributed by atoms with van der Waals surface area (Å²) in [7, 11) is 3.01. The van der Waals surface area contributed by atoms with Crippen molar-refractivity contribution < 1.29 is 19.4 Å². The summed E-state index contributed by atoms with van der Waals surface area (Å²) in [6, 6.07) is 4.86. The highest BCUT2D eigenvalue weighted by Crippen LogP contribution is 2.30. The highest BCUT2D eigenvalue weighted by Gasteiger charge is 2.19. The third-order valence-corrected chi connectivity index (χ3v) is 2.96. The first-order valence-corrected chi connectivity index (χ1v) is 6.66. The number of ether oxygens (including phenoxy) is 2. The fourth-order valence-electron chi connectivity index (χ4n) is 2.08. The highest BCUT2D eigenvalue weighted by atomic mass is 16.5. The average molecular weight is 281 g/mol. The molecule has 0 saturated heterocycles. The summed E-state index contributed by atoms with van der Waals surface area (Å²) in [6.45, 7) is 4.00. The first kappa shape index (κ1) is 16.3. The van der Waals surface area contributed by atoms with E-state index in [4.69, 9.17) is 9.47 Å². The molecular formula is C15H23NO4. The average Bonchev–Trinajstić information content (AvgIpc) is 2.44. The van der Waals surface area contributed by atoms with Gasteiger partial charge in [-0.15, -0.1) is 0 Å². The molecule has 0 bridgehead atoms. The lowest BCUT2D eigenvalue weighted by Gasteiger charge is -2.19. The Hall–Kier alpha value is -1.75. The number of carbonyl (C=O) groups is 1. The number of methoxy groups -OCH3 is 2. The fraction of sp³-hybridized carbons (Fsp3) is 0.533. The molecule has 0 aliphatic heterocycles. The van der Waals surface area contributed by atoms with Gasteiger partial charge in [-0.05, 0) is 24.5 Å². The van der Waals surface area contributed by atoms with Gasteiger partial charge in [-0.25, -0.2) is 0 Å². The summed E-state index contributed by atoms with van der Waals surface area (Å²) in [5, 5.41) is 12.1. The summed E-state index contributed by atoms with van der Waals surface area (Å²) in [4.78, 5) is 12.3. The largest absolute Gasteiger partial charge is 0.493 e. The molecule has 0 aliphatic rings. The fourth-order valence-corrected chi connectivity index (χ4v) is 2.08. The molecule has 0 aliphatic carbocycles. The predicted octanol–water partition coefficient (Wildman–Crippen LogP) is 1.84. The number of hydrogen-bond acceptors (Lipinski definition) is 4. The predicted molar refractivity (Wildman–Crippen MR) is 77.3 cm³/mol. The van der Waals surface area contributed by atoms with E-state index in [2.05, 4.69) is 5.32 Å². The van der Waals surface area contributed by atoms with Crippen molar-refractivity contribution in [1.29, 1.82) is 0 Å². The van der Waals surface area contributed by atoms with Crippen LogP contribution in [0.15, 0.2) is 18.2 Å². The quantitative estimate of drug-likeness (QED) is 0.800. The van der Waals surface area contributed by atoms with E-state index >= 15 is 0 Å². The lowest BCUT2D eigenvalue weighted by atomic mass is 10.0. The SMILES string of the molecule is COc1cccc(C(=O)NC(CO)CC(C)C)c1OC. The molecule has 1 aromatic rings. The van der Waals surface area contributed by atoms with Crippen molar-refractivity contribution in [2.75, 3.05) is 20.8 Å². The van der Waals surface area contributed by atoms with Gasteiger partial charge in [0.05, 0.1) is 32.4 Å². The number of aliphatic hydroxyl groups excluding tert-OH is 1. The van der Waals surface area contributed by atoms with Gasteiger partial charge in [0, 0.05) is 0 Å². The number of hydrogen-bond donors (Lipinski definition) is 2. The van der Waals surface area contributed by atoms with Crippen molar-refractivity contribution >= 4 is 5.91 Å². The van der Waals surface area contributed by atoms with E-state index in [0.29, 0.717) is 29.4 Å². The molecule has 0 fully saturated rings. The van der Waals surface area contributed by atoms with E-state index < -0.39 is 0 Å². The third kappa shape index (κ3) is 4.13. The van der Waals surface area contributed by atoms with Crippen LogP contribution in [-0.4, -0.2) is 37.9 Å². The first-order valence-electron chi connectivity index (χ1n) is 6.66. The van der Waals surface area contributed by atoms with Gasteiger partial charge in [-0.2, -0.15) is 0 Å². The maximum atomic E-state index is 12.3. The maximum Gasteiger partial charge on any atom is 0.255 e. The summed E-state index contributed by atoms with van der Waals surface area (Å²) in [5.74, 6) is 1.01. The number of amides is 1. The minimum absolute atomic E-state index is 0.0871. The summed E-state index contributed by atoms with van der Waals surface area (Å²) in [6.07, 6.45) is 0.717. The molecule has 1 rings (SSSR count). The second kappa shape index (κ2) is 7.75. The van der Waals surface area contributed by atoms with E-state index in [-0.39, 0.29) is 18.6 Å². The first-order chi connectivity index (χ1) is 9.53. The lowest BCUT2D eigenvalue weighted by molar-refractivity contribution is 0.0904. The Labute approximate surface area is 119 Å². The van der Waals surface area contributed by atoms with Gasteiger partial charge in [0.25, 0.3) is 5.91 Å². The molecular weight excluding hydrogens is 258 g/mol. The van der Waals surface area contributed by atoms with Gasteiger partial charge in [-0.1, -0.05) is 19.9 Å². The number of benzene rings is 1. The van der Waals surface area contributed by atoms with Crippen molar-refractivity contribution in [3.8, 4) is 11.5 Å². The molecule has 5 nitrogen and oxygen atoms in total. The van der Waals surface area contributed by atoms with E-state index in [0.717, 1.165) is 0 Å². The zero-order valence-electron chi connectivity index (χ0n) is 12.5. The molecule has 2 N–H and O–H groups in total. The van der Waals surface area contributed by atoms with Crippen LogP contribution in [0.25, 0.3) is 0 Å². The van der Waals surface area contributed by atoms with Crippen LogP contribution in [0.4, 0.5) is 0 Å². The molecule has 0 radical (unpaired) electrons. The van der Waals surface area contributed by atoms with E-state index in [9.17, 15) is 9.90 Å². The summed E-state index contributed by atoms with van der Waals surface area (Å²) < 4.78 is 10.4. The van der Waals surface area contributed by atoms with Gasteiger partial charge in [-0.3, -0.25) is 4.79 Å². The molecule has 0 aromatic heterocycles. The zero-order chi connectivity index (χ0) is 15.1. The molecule has 1 atom stereocenters. The van der Waals surface area contributed by atoms with Crippen molar-refractivity contribution in [2.24, 2.45) is 5.92 Å². The van der Waals surface area contributed by atoms with E-state index in [1.807, 2.05) is 13.8 Å². The Bertz CT molecular complexity index is 445. The molecule has 0 spiro atoms. The van der Waals surface area contributed by atoms with Crippen LogP contribution >= 0.6 is 0 Å². The molecule has 0 heterocycles. The number of carbonyl (C=O) groups excluding carboxylic acids is 1. The number of para-hydroxylation sites is 1. The lowest BCUT2D eigenvalue weighted by Crippen LogP contribution is -2.38. The minimum Gasteiger partial charge on any atom is -0.493 e. The number of nitrogens with one attached hydrogen (secondary N) is 1. The molecule has 5 heteroatoms. The van der Waals surface area contributed by atoms with Crippen LogP contribution in [0.1, 0.15) is 30.6 Å². The van der Waals surface area contributed by atoms with Crippen LogP contribution in [0.2, 0.25) is 0 Å². The molecule has 1 unspecified atom stereocenters. The highest BCUT2D eigenvalue weighted by molar-refractivity contribution is 5.98. The number of aliphatic hydroxyl groups is 1. The van der Waals surface area contributed by atoms with Crippen LogP contribution in [0, 0.1) is 5.92 Å². The molecule has 112 valence electrons. The van der Waals surface area contributed by atoms with Gasteiger partial charge in [0.2, 0.25) is 0 Å². The van der Waals surface area contributed by atoms with Crippen molar-refractivity contribution in [1.82, 2.24) is 5.32 Å². The van der Waals surface area contributed by atoms with Gasteiger partial charge in [0.15, 0.2) is 11.5 Å². The van der Waals surface area contributed by atoms with Gasteiger partial charge < -0.3 is 19.9 Å². The number of rotatable bonds is 7. The summed E-state index contributed by atoms with van der Waals surface area (Å²) >= 11 is 0. The van der Waals surface area contributed by atoms with Crippen LogP contribution in [-0.2, 0) is 0 Å². The monoisotopic (exact) mass is 281 g/mol. The van der Waals surface area contributed by atoms with Crippen LogP contribution in [0.5, 0.6) is 11.5 Å². The van der Waals surface area contributed by atoms with Crippen molar-refractivity contribution in [3.63, 3.8) is 0 Å². The Morgan fingerprint density at radius 3 is 2.50 bits per heavy atom. The van der Waals surface area contributed by atoms with Crippen LogP contribution < -0.4 is 14.8 Å². The Morgan fingerprint density at radius 1 is 1.30 bits per heavy atom. The minimum atomic E-state index is -0.277.